The number of hydrogen-bond acceptors (Lipinski definition) is 9. The lowest BCUT2D eigenvalue weighted by atomic mass is 10.3. The maximum atomic E-state index is 6.72. The fraction of sp³-hybridized carbons (Fsp3) is 0.476. The largest absolute Gasteiger partial charge is 0.378 e. The number of thiazole rings is 1. The Balaban J connectivity index is 1.50. The second-order valence-electron chi connectivity index (χ2n) is 7.96. The number of para-hydroxylation sites is 1. The second-order valence-corrected chi connectivity index (χ2v) is 9.34. The highest BCUT2D eigenvalue weighted by atomic mass is 35.5. The number of anilines is 2. The molecule has 1 N–H and O–H groups in total. The van der Waals surface area contributed by atoms with Gasteiger partial charge in [0, 0.05) is 19.6 Å². The minimum atomic E-state index is -0.579. The number of benzene rings is 1. The van der Waals surface area contributed by atoms with Crippen molar-refractivity contribution in [1.29, 1.82) is 0 Å². The van der Waals surface area contributed by atoms with Crippen molar-refractivity contribution >= 4 is 44.9 Å². The van der Waals surface area contributed by atoms with E-state index in [1.54, 1.807) is 11.3 Å². The van der Waals surface area contributed by atoms with E-state index in [2.05, 4.69) is 15.2 Å². The Hall–Kier alpha value is -2.04. The normalized spacial score (nSPS) is 21.0. The van der Waals surface area contributed by atoms with E-state index in [4.69, 9.17) is 35.8 Å². The van der Waals surface area contributed by atoms with Crippen molar-refractivity contribution in [3.05, 3.63) is 29.4 Å². The number of nitrogens with zero attached hydrogens (tertiary/aromatic N) is 4. The molecule has 2 fully saturated rings. The fourth-order valence-corrected chi connectivity index (χ4v) is 5.02. The third kappa shape index (κ3) is 4.47. The molecule has 2 aliphatic rings. The number of nitrogens with one attached hydrogen (secondary N) is 1. The molecule has 4 heterocycles. The molecule has 2 aliphatic heterocycles. The predicted octanol–water partition coefficient (Wildman–Crippen LogP) is 3.81. The summed E-state index contributed by atoms with van der Waals surface area (Å²) in [5.74, 6) is 0.656. The number of aromatic nitrogens is 3. The average Bonchev–Trinajstić information content (AvgIpc) is 3.34. The van der Waals surface area contributed by atoms with Gasteiger partial charge in [-0.15, -0.1) is 11.3 Å². The van der Waals surface area contributed by atoms with Crippen molar-refractivity contribution < 1.29 is 14.2 Å². The zero-order chi connectivity index (χ0) is 21.4. The van der Waals surface area contributed by atoms with E-state index in [1.807, 2.05) is 38.1 Å². The van der Waals surface area contributed by atoms with Crippen LogP contribution >= 0.6 is 22.9 Å². The molecule has 1 aromatic carbocycles. The van der Waals surface area contributed by atoms with Crippen LogP contribution in [0.4, 0.5) is 11.8 Å². The maximum absolute atomic E-state index is 6.72. The number of halogens is 1. The van der Waals surface area contributed by atoms with Crippen LogP contribution in [0.15, 0.2) is 24.3 Å². The van der Waals surface area contributed by atoms with Gasteiger partial charge in [0.25, 0.3) is 0 Å². The molecule has 0 amide bonds. The summed E-state index contributed by atoms with van der Waals surface area (Å²) in [6, 6.07) is 8.02. The van der Waals surface area contributed by atoms with Gasteiger partial charge in [-0.1, -0.05) is 23.7 Å². The number of morpholine rings is 1. The van der Waals surface area contributed by atoms with E-state index >= 15 is 0 Å². The van der Waals surface area contributed by atoms with Crippen molar-refractivity contribution in [1.82, 2.24) is 15.0 Å². The second kappa shape index (κ2) is 8.48. The molecule has 10 heteroatoms. The van der Waals surface area contributed by atoms with E-state index in [1.165, 1.54) is 0 Å². The highest BCUT2D eigenvalue weighted by Crippen LogP contribution is 2.39. The topological polar surface area (TPSA) is 81.6 Å². The van der Waals surface area contributed by atoms with Crippen LogP contribution in [0.25, 0.3) is 20.8 Å². The molecule has 0 bridgehead atoms. The molecule has 2 saturated heterocycles. The highest BCUT2D eigenvalue weighted by molar-refractivity contribution is 7.21. The lowest BCUT2D eigenvalue weighted by molar-refractivity contribution is -0.136. The number of rotatable bonds is 5. The van der Waals surface area contributed by atoms with Gasteiger partial charge in [-0.3, -0.25) is 0 Å². The van der Waals surface area contributed by atoms with Gasteiger partial charge in [0.05, 0.1) is 35.6 Å². The molecule has 164 valence electrons. The van der Waals surface area contributed by atoms with E-state index < -0.39 is 5.79 Å². The Morgan fingerprint density at radius 3 is 2.74 bits per heavy atom. The zero-order valence-electron chi connectivity index (χ0n) is 17.4. The Kier molecular flexibility index (Phi) is 5.70. The first-order valence-electron chi connectivity index (χ1n) is 10.3. The van der Waals surface area contributed by atoms with Gasteiger partial charge in [-0.05, 0) is 26.0 Å². The number of ether oxygens (including phenoxy) is 3. The lowest BCUT2D eigenvalue weighted by Crippen LogP contribution is -2.37. The summed E-state index contributed by atoms with van der Waals surface area (Å²) in [5.41, 5.74) is 1.63. The van der Waals surface area contributed by atoms with Crippen molar-refractivity contribution in [3.8, 4) is 10.6 Å². The zero-order valence-corrected chi connectivity index (χ0v) is 19.0. The summed E-state index contributed by atoms with van der Waals surface area (Å²) in [4.78, 5) is 16.3. The van der Waals surface area contributed by atoms with Crippen molar-refractivity contribution in [2.75, 3.05) is 49.7 Å². The Bertz CT molecular complexity index is 1050. The third-order valence-electron chi connectivity index (χ3n) is 5.22. The summed E-state index contributed by atoms with van der Waals surface area (Å²) in [5, 5.41) is 4.58. The molecule has 2 aromatic heterocycles. The summed E-state index contributed by atoms with van der Waals surface area (Å²) in [7, 11) is 0. The minimum Gasteiger partial charge on any atom is -0.378 e. The quantitative estimate of drug-likeness (QED) is 0.574. The van der Waals surface area contributed by atoms with Crippen LogP contribution in [0.1, 0.15) is 13.8 Å². The summed E-state index contributed by atoms with van der Waals surface area (Å²) >= 11 is 8.29. The minimum absolute atomic E-state index is 0.0844. The number of hydrogen-bond donors (Lipinski definition) is 1. The molecule has 5 rings (SSSR count). The van der Waals surface area contributed by atoms with Crippen molar-refractivity contribution in [3.63, 3.8) is 0 Å². The van der Waals surface area contributed by atoms with Crippen LogP contribution in [0.3, 0.4) is 0 Å². The van der Waals surface area contributed by atoms with Gasteiger partial charge in [-0.25, -0.2) is 9.97 Å². The Labute approximate surface area is 189 Å². The summed E-state index contributed by atoms with van der Waals surface area (Å²) in [6.45, 7) is 7.63. The fourth-order valence-electron chi connectivity index (χ4n) is 3.70. The Morgan fingerprint density at radius 2 is 2.00 bits per heavy atom. The van der Waals surface area contributed by atoms with Gasteiger partial charge in [0.15, 0.2) is 5.79 Å². The predicted molar refractivity (Wildman–Crippen MR) is 122 cm³/mol. The van der Waals surface area contributed by atoms with Crippen molar-refractivity contribution in [2.24, 2.45) is 0 Å². The first-order valence-corrected chi connectivity index (χ1v) is 11.5. The van der Waals surface area contributed by atoms with Crippen LogP contribution in [0.2, 0.25) is 5.15 Å². The molecule has 31 heavy (non-hydrogen) atoms. The highest BCUT2D eigenvalue weighted by Gasteiger charge is 2.33. The van der Waals surface area contributed by atoms with Crippen LogP contribution in [0, 0.1) is 0 Å². The lowest BCUT2D eigenvalue weighted by Gasteiger charge is -2.27. The van der Waals surface area contributed by atoms with Gasteiger partial charge in [-0.2, -0.15) is 4.98 Å². The number of fused-ring (bicyclic) bond motifs is 1. The van der Waals surface area contributed by atoms with E-state index in [0.29, 0.717) is 48.8 Å². The molecule has 1 atom stereocenters. The monoisotopic (exact) mass is 461 g/mol. The molecule has 3 aromatic rings. The molecule has 8 nitrogen and oxygen atoms in total. The molecule has 0 aliphatic carbocycles. The van der Waals surface area contributed by atoms with Gasteiger partial charge >= 0.3 is 0 Å². The van der Waals surface area contributed by atoms with Crippen LogP contribution < -0.4 is 10.2 Å². The van der Waals surface area contributed by atoms with E-state index in [0.717, 1.165) is 28.3 Å². The van der Waals surface area contributed by atoms with Crippen LogP contribution in [-0.4, -0.2) is 66.3 Å². The Morgan fingerprint density at radius 1 is 1.19 bits per heavy atom. The third-order valence-corrected chi connectivity index (χ3v) is 6.55. The van der Waals surface area contributed by atoms with Gasteiger partial charge in [0.2, 0.25) is 5.95 Å². The molecule has 1 unspecified atom stereocenters. The van der Waals surface area contributed by atoms with Gasteiger partial charge < -0.3 is 24.4 Å². The maximum Gasteiger partial charge on any atom is 0.228 e. The molecule has 0 saturated carbocycles. The first-order chi connectivity index (χ1) is 15.0. The van der Waals surface area contributed by atoms with Crippen molar-refractivity contribution in [2.45, 2.75) is 25.7 Å². The molecular weight excluding hydrogens is 438 g/mol. The van der Waals surface area contributed by atoms with Crippen LogP contribution in [0.5, 0.6) is 0 Å². The standard InChI is InChI=1S/C21H24ClN5O3S/c1-21(2)29-12-13(30-21)11-23-18-16(19-24-14-5-3-4-6-15(14)31-19)17(22)25-20(26-18)27-7-9-28-10-8-27/h3-6,13H,7-12H2,1-2H3,(H,23,25,26). The average molecular weight is 462 g/mol. The van der Waals surface area contributed by atoms with Gasteiger partial charge in [0.1, 0.15) is 22.1 Å². The SMILES string of the molecule is CC1(C)OCC(CNc2nc(N3CCOCC3)nc(Cl)c2-c2nc3ccccc3s2)O1. The summed E-state index contributed by atoms with van der Waals surface area (Å²) < 4.78 is 18.2. The van der Waals surface area contributed by atoms with Crippen LogP contribution in [-0.2, 0) is 14.2 Å². The molecular formula is C21H24ClN5O3S. The molecule has 0 radical (unpaired) electrons. The summed E-state index contributed by atoms with van der Waals surface area (Å²) in [6.07, 6.45) is -0.0844. The molecule has 0 spiro atoms. The van der Waals surface area contributed by atoms with E-state index in [9.17, 15) is 0 Å². The first kappa shape index (κ1) is 20.8. The van der Waals surface area contributed by atoms with E-state index in [-0.39, 0.29) is 6.10 Å². The smallest absolute Gasteiger partial charge is 0.228 e.